The number of nitrogens with one attached hydrogen (secondary N) is 1. The van der Waals surface area contributed by atoms with Crippen LogP contribution in [0.15, 0.2) is 18.2 Å². The maximum atomic E-state index is 9.34. The Morgan fingerprint density at radius 1 is 1.26 bits per heavy atom. The van der Waals surface area contributed by atoms with Crippen LogP contribution in [0.1, 0.15) is 32.3 Å². The van der Waals surface area contributed by atoms with Crippen molar-refractivity contribution in [1.29, 1.82) is 0 Å². The predicted octanol–water partition coefficient (Wildman–Crippen LogP) is 2.30. The van der Waals surface area contributed by atoms with Crippen LogP contribution >= 0.6 is 0 Å². The highest BCUT2D eigenvalue weighted by atomic mass is 16.5. The summed E-state index contributed by atoms with van der Waals surface area (Å²) in [6, 6.07) is 5.75. The molecule has 0 aliphatic rings. The summed E-state index contributed by atoms with van der Waals surface area (Å²) in [6.45, 7) is 5.20. The van der Waals surface area contributed by atoms with Gasteiger partial charge in [0.2, 0.25) is 0 Å². The van der Waals surface area contributed by atoms with Gasteiger partial charge in [0.1, 0.15) is 11.5 Å². The third-order valence-corrected chi connectivity index (χ3v) is 3.38. The molecule has 1 aromatic carbocycles. The summed E-state index contributed by atoms with van der Waals surface area (Å²) in [5.74, 6) is 1.60. The molecule has 1 rings (SSSR count). The van der Waals surface area contributed by atoms with Crippen LogP contribution in [0.5, 0.6) is 11.5 Å². The van der Waals surface area contributed by atoms with Crippen molar-refractivity contribution in [2.45, 2.75) is 32.2 Å². The molecule has 0 spiro atoms. The van der Waals surface area contributed by atoms with Crippen molar-refractivity contribution in [2.75, 3.05) is 27.4 Å². The fraction of sp³-hybridized carbons (Fsp3) is 0.600. The van der Waals surface area contributed by atoms with Crippen molar-refractivity contribution in [1.82, 2.24) is 5.32 Å². The minimum Gasteiger partial charge on any atom is -0.497 e. The Bertz CT molecular complexity index is 395. The molecule has 0 fully saturated rings. The van der Waals surface area contributed by atoms with Crippen LogP contribution in [0.2, 0.25) is 0 Å². The van der Waals surface area contributed by atoms with Gasteiger partial charge in [-0.15, -0.1) is 0 Å². The molecular weight excluding hydrogens is 242 g/mol. The second-order valence-electron chi connectivity index (χ2n) is 4.80. The molecule has 0 aliphatic carbocycles. The van der Waals surface area contributed by atoms with Gasteiger partial charge in [0.05, 0.1) is 14.2 Å². The van der Waals surface area contributed by atoms with Gasteiger partial charge in [-0.3, -0.25) is 0 Å². The lowest BCUT2D eigenvalue weighted by atomic mass is 9.87. The van der Waals surface area contributed by atoms with Crippen LogP contribution in [0.3, 0.4) is 0 Å². The van der Waals surface area contributed by atoms with Gasteiger partial charge in [0.15, 0.2) is 0 Å². The molecule has 108 valence electrons. The molecule has 1 unspecified atom stereocenters. The van der Waals surface area contributed by atoms with E-state index < -0.39 is 0 Å². The van der Waals surface area contributed by atoms with E-state index in [9.17, 15) is 5.11 Å². The topological polar surface area (TPSA) is 50.7 Å². The van der Waals surface area contributed by atoms with Crippen molar-refractivity contribution >= 4 is 0 Å². The summed E-state index contributed by atoms with van der Waals surface area (Å²) in [6.07, 6.45) is 1.66. The number of aliphatic hydroxyl groups is 1. The fourth-order valence-electron chi connectivity index (χ4n) is 2.19. The molecule has 1 atom stereocenters. The van der Waals surface area contributed by atoms with E-state index in [1.807, 2.05) is 18.2 Å². The van der Waals surface area contributed by atoms with E-state index in [1.165, 1.54) is 0 Å². The quantitative estimate of drug-likeness (QED) is 0.759. The Balaban J connectivity index is 3.18. The smallest absolute Gasteiger partial charge is 0.124 e. The van der Waals surface area contributed by atoms with Gasteiger partial charge in [-0.05, 0) is 44.5 Å². The fourth-order valence-corrected chi connectivity index (χ4v) is 2.19. The maximum Gasteiger partial charge on any atom is 0.124 e. The normalized spacial score (nSPS) is 13.9. The van der Waals surface area contributed by atoms with Gasteiger partial charge in [-0.1, -0.05) is 6.92 Å². The Hall–Kier alpha value is -1.26. The summed E-state index contributed by atoms with van der Waals surface area (Å²) < 4.78 is 10.7. The zero-order chi connectivity index (χ0) is 14.3. The Labute approximate surface area is 115 Å². The molecule has 2 N–H and O–H groups in total. The van der Waals surface area contributed by atoms with Crippen LogP contribution in [-0.2, 0) is 5.54 Å². The second-order valence-corrected chi connectivity index (χ2v) is 4.80. The molecular formula is C15H25NO3. The maximum absolute atomic E-state index is 9.34. The lowest BCUT2D eigenvalue weighted by Crippen LogP contribution is -2.41. The number of benzene rings is 1. The first-order chi connectivity index (χ1) is 9.11. The van der Waals surface area contributed by atoms with Crippen LogP contribution in [0.4, 0.5) is 0 Å². The van der Waals surface area contributed by atoms with E-state index >= 15 is 0 Å². The predicted molar refractivity (Wildman–Crippen MR) is 76.9 cm³/mol. The molecule has 0 bridgehead atoms. The van der Waals surface area contributed by atoms with Crippen LogP contribution in [-0.4, -0.2) is 32.5 Å². The van der Waals surface area contributed by atoms with E-state index in [4.69, 9.17) is 9.47 Å². The molecule has 1 aromatic rings. The first-order valence-electron chi connectivity index (χ1n) is 6.69. The Kier molecular flexibility index (Phi) is 6.12. The van der Waals surface area contributed by atoms with Crippen molar-refractivity contribution in [3.05, 3.63) is 23.8 Å². The Morgan fingerprint density at radius 2 is 2.00 bits per heavy atom. The minimum absolute atomic E-state index is 0.119. The highest BCUT2D eigenvalue weighted by Gasteiger charge is 2.29. The molecule has 4 nitrogen and oxygen atoms in total. The summed E-state index contributed by atoms with van der Waals surface area (Å²) >= 11 is 0. The van der Waals surface area contributed by atoms with Crippen molar-refractivity contribution in [2.24, 2.45) is 0 Å². The molecule has 0 radical (unpaired) electrons. The van der Waals surface area contributed by atoms with Crippen LogP contribution in [0, 0.1) is 0 Å². The van der Waals surface area contributed by atoms with Gasteiger partial charge >= 0.3 is 0 Å². The standard InChI is InChI=1S/C15H25NO3/c1-5-9-16-15(2,8-10-17)13-11-12(18-3)6-7-14(13)19-4/h6-7,11,16-17H,5,8-10H2,1-4H3. The highest BCUT2D eigenvalue weighted by Crippen LogP contribution is 2.35. The van der Waals surface area contributed by atoms with Gasteiger partial charge in [-0.2, -0.15) is 0 Å². The number of ether oxygens (including phenoxy) is 2. The molecule has 0 aliphatic heterocycles. The van der Waals surface area contributed by atoms with Gasteiger partial charge < -0.3 is 19.9 Å². The second kappa shape index (κ2) is 7.36. The Morgan fingerprint density at radius 3 is 2.53 bits per heavy atom. The van der Waals surface area contributed by atoms with Gasteiger partial charge in [0.25, 0.3) is 0 Å². The molecule has 0 heterocycles. The third-order valence-electron chi connectivity index (χ3n) is 3.38. The number of hydrogen-bond acceptors (Lipinski definition) is 4. The molecule has 0 saturated heterocycles. The highest BCUT2D eigenvalue weighted by molar-refractivity contribution is 5.44. The van der Waals surface area contributed by atoms with Crippen molar-refractivity contribution in [3.63, 3.8) is 0 Å². The van der Waals surface area contributed by atoms with E-state index in [1.54, 1.807) is 14.2 Å². The number of methoxy groups -OCH3 is 2. The molecule has 0 saturated carbocycles. The SMILES string of the molecule is CCCNC(C)(CCO)c1cc(OC)ccc1OC. The largest absolute Gasteiger partial charge is 0.497 e. The van der Waals surface area contributed by atoms with E-state index in [2.05, 4.69) is 19.2 Å². The van der Waals surface area contributed by atoms with Crippen molar-refractivity contribution in [3.8, 4) is 11.5 Å². The van der Waals surface area contributed by atoms with E-state index in [-0.39, 0.29) is 12.1 Å². The molecule has 0 amide bonds. The molecule has 0 aromatic heterocycles. The summed E-state index contributed by atoms with van der Waals surface area (Å²) in [7, 11) is 3.30. The first kappa shape index (κ1) is 15.8. The van der Waals surface area contributed by atoms with Gasteiger partial charge in [0, 0.05) is 17.7 Å². The minimum atomic E-state index is -0.329. The first-order valence-corrected chi connectivity index (χ1v) is 6.69. The summed E-state index contributed by atoms with van der Waals surface area (Å²) in [5.41, 5.74) is 0.682. The van der Waals surface area contributed by atoms with Crippen LogP contribution in [0.25, 0.3) is 0 Å². The molecule has 4 heteroatoms. The third kappa shape index (κ3) is 3.85. The zero-order valence-corrected chi connectivity index (χ0v) is 12.3. The van der Waals surface area contributed by atoms with Gasteiger partial charge in [-0.25, -0.2) is 0 Å². The summed E-state index contributed by atoms with van der Waals surface area (Å²) in [4.78, 5) is 0. The lowest BCUT2D eigenvalue weighted by Gasteiger charge is -2.32. The monoisotopic (exact) mass is 267 g/mol. The lowest BCUT2D eigenvalue weighted by molar-refractivity contribution is 0.217. The number of aliphatic hydroxyl groups excluding tert-OH is 1. The summed E-state index contributed by atoms with van der Waals surface area (Å²) in [5, 5.41) is 12.8. The van der Waals surface area contributed by atoms with E-state index in [0.29, 0.717) is 6.42 Å². The van der Waals surface area contributed by atoms with Crippen molar-refractivity contribution < 1.29 is 14.6 Å². The average Bonchev–Trinajstić information content (AvgIpc) is 2.44. The average molecular weight is 267 g/mol. The van der Waals surface area contributed by atoms with Crippen LogP contribution < -0.4 is 14.8 Å². The number of hydrogen-bond donors (Lipinski definition) is 2. The molecule has 19 heavy (non-hydrogen) atoms. The number of rotatable bonds is 8. The van der Waals surface area contributed by atoms with E-state index in [0.717, 1.165) is 30.0 Å². The zero-order valence-electron chi connectivity index (χ0n) is 12.3.